The van der Waals surface area contributed by atoms with Crippen LogP contribution in [0.2, 0.25) is 10.0 Å². The van der Waals surface area contributed by atoms with E-state index in [0.29, 0.717) is 23.8 Å². The molecule has 3 rings (SSSR count). The molecule has 6 heteroatoms. The van der Waals surface area contributed by atoms with E-state index in [1.807, 2.05) is 31.2 Å². The first-order valence-corrected chi connectivity index (χ1v) is 8.62. The minimum absolute atomic E-state index is 0.121. The number of piperazine rings is 1. The summed E-state index contributed by atoms with van der Waals surface area (Å²) >= 11 is 12.3. The Labute approximate surface area is 152 Å². The maximum Gasteiger partial charge on any atom is 0.322 e. The van der Waals surface area contributed by atoms with Crippen LogP contribution in [-0.4, -0.2) is 37.1 Å². The Hall–Kier alpha value is -1.91. The van der Waals surface area contributed by atoms with Crippen molar-refractivity contribution in [3.8, 4) is 0 Å². The van der Waals surface area contributed by atoms with Gasteiger partial charge in [0.05, 0.1) is 10.7 Å². The smallest absolute Gasteiger partial charge is 0.322 e. The second-order valence-corrected chi connectivity index (χ2v) is 6.63. The van der Waals surface area contributed by atoms with E-state index in [1.165, 1.54) is 0 Å². The van der Waals surface area contributed by atoms with Gasteiger partial charge in [0.1, 0.15) is 0 Å². The lowest BCUT2D eigenvalue weighted by atomic mass is 10.2. The quantitative estimate of drug-likeness (QED) is 0.842. The standard InChI is InChI=1S/C18H19Cl2N3O/c1-13-6-7-14(12-16(13)20)22-8-10-23(11-9-22)18(24)21-17-5-3-2-4-15(17)19/h2-7,12H,8-11H2,1H3,(H,21,24). The van der Waals surface area contributed by atoms with Crippen LogP contribution < -0.4 is 10.2 Å². The second kappa shape index (κ2) is 7.32. The number of nitrogens with one attached hydrogen (secondary N) is 1. The molecule has 2 aromatic carbocycles. The molecule has 1 aliphatic heterocycles. The molecule has 0 bridgehead atoms. The van der Waals surface area contributed by atoms with Crippen molar-refractivity contribution in [3.63, 3.8) is 0 Å². The molecule has 0 spiro atoms. The Bertz CT molecular complexity index is 743. The fourth-order valence-corrected chi connectivity index (χ4v) is 3.06. The molecule has 0 aliphatic carbocycles. The number of hydrogen-bond acceptors (Lipinski definition) is 2. The number of para-hydroxylation sites is 1. The summed E-state index contributed by atoms with van der Waals surface area (Å²) in [6.07, 6.45) is 0. The van der Waals surface area contributed by atoms with E-state index in [1.54, 1.807) is 17.0 Å². The Morgan fingerprint density at radius 2 is 1.71 bits per heavy atom. The van der Waals surface area contributed by atoms with Crippen LogP contribution in [0.5, 0.6) is 0 Å². The van der Waals surface area contributed by atoms with Gasteiger partial charge < -0.3 is 15.1 Å². The van der Waals surface area contributed by atoms with Gasteiger partial charge in [-0.15, -0.1) is 0 Å². The highest BCUT2D eigenvalue weighted by atomic mass is 35.5. The predicted octanol–water partition coefficient (Wildman–Crippen LogP) is 4.66. The first-order valence-electron chi connectivity index (χ1n) is 7.86. The molecule has 2 amide bonds. The first-order chi connectivity index (χ1) is 11.5. The maximum atomic E-state index is 12.4. The Morgan fingerprint density at radius 1 is 1.00 bits per heavy atom. The first kappa shape index (κ1) is 16.9. The summed E-state index contributed by atoms with van der Waals surface area (Å²) in [5.74, 6) is 0. The molecule has 2 aromatic rings. The van der Waals surface area contributed by atoms with Crippen molar-refractivity contribution in [2.24, 2.45) is 0 Å². The molecule has 24 heavy (non-hydrogen) atoms. The van der Waals surface area contributed by atoms with Gasteiger partial charge >= 0.3 is 6.03 Å². The van der Waals surface area contributed by atoms with Crippen LogP contribution in [0.3, 0.4) is 0 Å². The summed E-state index contributed by atoms with van der Waals surface area (Å²) in [6, 6.07) is 13.2. The van der Waals surface area contributed by atoms with Crippen LogP contribution in [0.15, 0.2) is 42.5 Å². The number of urea groups is 1. The Balaban J connectivity index is 1.59. The lowest BCUT2D eigenvalue weighted by Gasteiger charge is -2.36. The maximum absolute atomic E-state index is 12.4. The van der Waals surface area contributed by atoms with Crippen LogP contribution in [0.25, 0.3) is 0 Å². The van der Waals surface area contributed by atoms with Crippen molar-refractivity contribution in [1.82, 2.24) is 4.90 Å². The van der Waals surface area contributed by atoms with E-state index < -0.39 is 0 Å². The molecular weight excluding hydrogens is 345 g/mol. The number of amides is 2. The summed E-state index contributed by atoms with van der Waals surface area (Å²) in [7, 11) is 0. The zero-order valence-electron chi connectivity index (χ0n) is 13.4. The molecule has 0 aromatic heterocycles. The monoisotopic (exact) mass is 363 g/mol. The average molecular weight is 364 g/mol. The largest absolute Gasteiger partial charge is 0.368 e. The summed E-state index contributed by atoms with van der Waals surface area (Å²) in [4.78, 5) is 16.4. The van der Waals surface area contributed by atoms with Gasteiger partial charge in [-0.3, -0.25) is 0 Å². The minimum Gasteiger partial charge on any atom is -0.368 e. The van der Waals surface area contributed by atoms with Gasteiger partial charge in [-0.1, -0.05) is 41.4 Å². The van der Waals surface area contributed by atoms with Gasteiger partial charge in [0.25, 0.3) is 0 Å². The Kier molecular flexibility index (Phi) is 5.17. The zero-order chi connectivity index (χ0) is 17.1. The minimum atomic E-state index is -0.121. The van der Waals surface area contributed by atoms with Gasteiger partial charge in [0.2, 0.25) is 0 Å². The van der Waals surface area contributed by atoms with E-state index in [9.17, 15) is 4.79 Å². The van der Waals surface area contributed by atoms with Crippen molar-refractivity contribution < 1.29 is 4.79 Å². The molecule has 1 fully saturated rings. The van der Waals surface area contributed by atoms with Crippen LogP contribution >= 0.6 is 23.2 Å². The summed E-state index contributed by atoms with van der Waals surface area (Å²) in [5, 5.41) is 4.18. The normalized spacial score (nSPS) is 14.6. The van der Waals surface area contributed by atoms with Crippen molar-refractivity contribution in [3.05, 3.63) is 58.1 Å². The summed E-state index contributed by atoms with van der Waals surface area (Å²) in [6.45, 7) is 4.84. The molecular formula is C18H19Cl2N3O. The third kappa shape index (κ3) is 3.77. The highest BCUT2D eigenvalue weighted by Crippen LogP contribution is 2.25. The number of carbonyl (C=O) groups is 1. The number of halogens is 2. The van der Waals surface area contributed by atoms with Crippen molar-refractivity contribution >= 4 is 40.6 Å². The SMILES string of the molecule is Cc1ccc(N2CCN(C(=O)Nc3ccccc3Cl)CC2)cc1Cl. The van der Waals surface area contributed by atoms with Crippen LogP contribution in [-0.2, 0) is 0 Å². The van der Waals surface area contributed by atoms with Gasteiger partial charge in [0, 0.05) is 36.9 Å². The molecule has 126 valence electrons. The molecule has 1 N–H and O–H groups in total. The number of anilines is 2. The number of nitrogens with zero attached hydrogens (tertiary/aromatic N) is 2. The van der Waals surface area contributed by atoms with Gasteiger partial charge in [-0.2, -0.15) is 0 Å². The Morgan fingerprint density at radius 3 is 2.38 bits per heavy atom. The van der Waals surface area contributed by atoms with Gasteiger partial charge in [-0.25, -0.2) is 4.79 Å². The molecule has 0 saturated carbocycles. The predicted molar refractivity (Wildman–Crippen MR) is 100 cm³/mol. The van der Waals surface area contributed by atoms with E-state index in [4.69, 9.17) is 23.2 Å². The van der Waals surface area contributed by atoms with Crippen molar-refractivity contribution in [2.75, 3.05) is 36.4 Å². The van der Waals surface area contributed by atoms with Crippen molar-refractivity contribution in [1.29, 1.82) is 0 Å². The van der Waals surface area contributed by atoms with Gasteiger partial charge in [-0.05, 0) is 36.8 Å². The fourth-order valence-electron chi connectivity index (χ4n) is 2.70. The van der Waals surface area contributed by atoms with E-state index in [-0.39, 0.29) is 6.03 Å². The molecule has 1 aliphatic rings. The highest BCUT2D eigenvalue weighted by molar-refractivity contribution is 6.33. The summed E-state index contributed by atoms with van der Waals surface area (Å²) < 4.78 is 0. The van der Waals surface area contributed by atoms with Crippen LogP contribution in [0, 0.1) is 6.92 Å². The molecule has 0 atom stereocenters. The van der Waals surface area contributed by atoms with E-state index >= 15 is 0 Å². The fraction of sp³-hybridized carbons (Fsp3) is 0.278. The number of rotatable bonds is 2. The average Bonchev–Trinajstić information content (AvgIpc) is 2.59. The number of benzene rings is 2. The lowest BCUT2D eigenvalue weighted by Crippen LogP contribution is -2.50. The second-order valence-electron chi connectivity index (χ2n) is 5.82. The molecule has 1 saturated heterocycles. The lowest BCUT2D eigenvalue weighted by molar-refractivity contribution is 0.208. The third-order valence-corrected chi connectivity index (χ3v) is 4.94. The topological polar surface area (TPSA) is 35.6 Å². The highest BCUT2D eigenvalue weighted by Gasteiger charge is 2.22. The number of carbonyl (C=O) groups excluding carboxylic acids is 1. The van der Waals surface area contributed by atoms with Crippen LogP contribution in [0.4, 0.5) is 16.2 Å². The number of aryl methyl sites for hydroxylation is 1. The molecule has 0 unspecified atom stereocenters. The number of hydrogen-bond donors (Lipinski definition) is 1. The summed E-state index contributed by atoms with van der Waals surface area (Å²) in [5.41, 5.74) is 2.80. The van der Waals surface area contributed by atoms with Crippen LogP contribution in [0.1, 0.15) is 5.56 Å². The van der Waals surface area contributed by atoms with Crippen molar-refractivity contribution in [2.45, 2.75) is 6.92 Å². The van der Waals surface area contributed by atoms with Gasteiger partial charge in [0.15, 0.2) is 0 Å². The third-order valence-electron chi connectivity index (χ3n) is 4.20. The molecule has 4 nitrogen and oxygen atoms in total. The zero-order valence-corrected chi connectivity index (χ0v) is 14.9. The van der Waals surface area contributed by atoms with E-state index in [0.717, 1.165) is 29.4 Å². The molecule has 0 radical (unpaired) electrons. The molecule has 1 heterocycles. The van der Waals surface area contributed by atoms with E-state index in [2.05, 4.69) is 16.3 Å².